The van der Waals surface area contributed by atoms with Gasteiger partial charge in [-0.05, 0) is 24.1 Å². The van der Waals surface area contributed by atoms with Crippen LogP contribution in [0.2, 0.25) is 0 Å². The zero-order valence-corrected chi connectivity index (χ0v) is 8.01. The van der Waals surface area contributed by atoms with Gasteiger partial charge in [0.1, 0.15) is 6.54 Å². The lowest BCUT2D eigenvalue weighted by atomic mass is 10.1. The van der Waals surface area contributed by atoms with Crippen LogP contribution < -0.4 is 10.6 Å². The van der Waals surface area contributed by atoms with Crippen molar-refractivity contribution >= 4 is 11.4 Å². The number of nitrogens with zero attached hydrogens (tertiary/aromatic N) is 1. The molecular weight excluding hydrogens is 205 g/mol. The van der Waals surface area contributed by atoms with Crippen LogP contribution in [0.5, 0.6) is 0 Å². The van der Waals surface area contributed by atoms with Gasteiger partial charge in [0, 0.05) is 17.9 Å². The summed E-state index contributed by atoms with van der Waals surface area (Å²) in [5.41, 5.74) is 7.61. The zero-order valence-electron chi connectivity index (χ0n) is 8.01. The second-order valence-electron chi connectivity index (χ2n) is 3.67. The Morgan fingerprint density at radius 2 is 2.07 bits per heavy atom. The van der Waals surface area contributed by atoms with Gasteiger partial charge in [-0.2, -0.15) is 13.2 Å². The summed E-state index contributed by atoms with van der Waals surface area (Å²) in [7, 11) is 0. The maximum absolute atomic E-state index is 12.2. The Hall–Kier alpha value is -1.39. The quantitative estimate of drug-likeness (QED) is 0.729. The third-order valence-electron chi connectivity index (χ3n) is 2.47. The van der Waals surface area contributed by atoms with Crippen molar-refractivity contribution in [1.82, 2.24) is 0 Å². The van der Waals surface area contributed by atoms with E-state index in [-0.39, 0.29) is 0 Å². The van der Waals surface area contributed by atoms with Crippen LogP contribution in [0.3, 0.4) is 0 Å². The Bertz CT molecular complexity index is 373. The lowest BCUT2D eigenvalue weighted by Gasteiger charge is -2.21. The first-order chi connectivity index (χ1) is 6.96. The molecule has 1 aromatic carbocycles. The second kappa shape index (κ2) is 3.32. The van der Waals surface area contributed by atoms with Crippen molar-refractivity contribution in [1.29, 1.82) is 0 Å². The molecule has 0 saturated heterocycles. The summed E-state index contributed by atoms with van der Waals surface area (Å²) in [6, 6.07) is 5.12. The van der Waals surface area contributed by atoms with E-state index in [9.17, 15) is 13.2 Å². The van der Waals surface area contributed by atoms with Gasteiger partial charge in [0.25, 0.3) is 0 Å². The molecule has 82 valence electrons. The topological polar surface area (TPSA) is 29.3 Å². The molecule has 0 unspecified atom stereocenters. The summed E-state index contributed by atoms with van der Waals surface area (Å²) in [5.74, 6) is 0. The van der Waals surface area contributed by atoms with Crippen molar-refractivity contribution in [3.63, 3.8) is 0 Å². The monoisotopic (exact) mass is 216 g/mol. The van der Waals surface area contributed by atoms with Gasteiger partial charge in [0.2, 0.25) is 0 Å². The van der Waals surface area contributed by atoms with E-state index in [0.29, 0.717) is 24.3 Å². The molecule has 15 heavy (non-hydrogen) atoms. The van der Waals surface area contributed by atoms with Crippen molar-refractivity contribution in [3.8, 4) is 0 Å². The van der Waals surface area contributed by atoms with Gasteiger partial charge in [-0.15, -0.1) is 0 Å². The Kier molecular flexibility index (Phi) is 2.25. The van der Waals surface area contributed by atoms with Crippen LogP contribution in [0.15, 0.2) is 18.2 Å². The predicted molar refractivity (Wildman–Crippen MR) is 52.8 cm³/mol. The maximum atomic E-state index is 12.2. The van der Waals surface area contributed by atoms with E-state index < -0.39 is 12.7 Å². The number of fused-ring (bicyclic) bond motifs is 1. The molecule has 0 fully saturated rings. The van der Waals surface area contributed by atoms with Crippen LogP contribution in [0.25, 0.3) is 0 Å². The molecule has 0 aromatic heterocycles. The van der Waals surface area contributed by atoms with Gasteiger partial charge in [-0.1, -0.05) is 6.07 Å². The van der Waals surface area contributed by atoms with Gasteiger partial charge in [0.05, 0.1) is 0 Å². The van der Waals surface area contributed by atoms with Crippen LogP contribution in [-0.2, 0) is 6.42 Å². The minimum absolute atomic E-state index is 0.415. The minimum Gasteiger partial charge on any atom is -0.399 e. The molecule has 0 amide bonds. The van der Waals surface area contributed by atoms with Crippen molar-refractivity contribution in [3.05, 3.63) is 23.8 Å². The molecule has 1 aliphatic rings. The number of halogens is 3. The molecule has 0 bridgehead atoms. The molecule has 5 heteroatoms. The summed E-state index contributed by atoms with van der Waals surface area (Å²) in [6.07, 6.45) is -3.50. The standard InChI is InChI=1S/C10H11F3N2/c11-10(12,13)6-15-4-3-7-1-2-8(14)5-9(7)15/h1-2,5H,3-4,6,14H2. The molecule has 2 nitrogen and oxygen atoms in total. The molecule has 1 aliphatic heterocycles. The third-order valence-corrected chi connectivity index (χ3v) is 2.47. The van der Waals surface area contributed by atoms with Crippen LogP contribution in [0, 0.1) is 0 Å². The molecule has 0 radical (unpaired) electrons. The summed E-state index contributed by atoms with van der Waals surface area (Å²) in [4.78, 5) is 1.33. The van der Waals surface area contributed by atoms with Crippen molar-refractivity contribution in [2.24, 2.45) is 0 Å². The molecule has 0 spiro atoms. The highest BCUT2D eigenvalue weighted by atomic mass is 19.4. The number of rotatable bonds is 1. The third kappa shape index (κ3) is 2.16. The number of nitrogens with two attached hydrogens (primary N) is 1. The van der Waals surface area contributed by atoms with Crippen molar-refractivity contribution < 1.29 is 13.2 Å². The van der Waals surface area contributed by atoms with Crippen LogP contribution in [0.1, 0.15) is 5.56 Å². The number of anilines is 2. The van der Waals surface area contributed by atoms with E-state index in [0.717, 1.165) is 5.56 Å². The number of benzene rings is 1. The molecule has 0 atom stereocenters. The molecule has 0 saturated carbocycles. The van der Waals surface area contributed by atoms with E-state index >= 15 is 0 Å². The Morgan fingerprint density at radius 1 is 1.33 bits per heavy atom. The second-order valence-corrected chi connectivity index (χ2v) is 3.67. The van der Waals surface area contributed by atoms with Gasteiger partial charge < -0.3 is 10.6 Å². The van der Waals surface area contributed by atoms with E-state index in [1.165, 1.54) is 4.90 Å². The smallest absolute Gasteiger partial charge is 0.399 e. The first-order valence-corrected chi connectivity index (χ1v) is 4.66. The Balaban J connectivity index is 2.24. The SMILES string of the molecule is Nc1ccc2c(c1)N(CC(F)(F)F)CC2. The lowest BCUT2D eigenvalue weighted by molar-refractivity contribution is -0.119. The molecular formula is C10H11F3N2. The molecule has 1 heterocycles. The lowest BCUT2D eigenvalue weighted by Crippen LogP contribution is -2.32. The molecule has 1 aromatic rings. The number of hydrogen-bond donors (Lipinski definition) is 1. The summed E-state index contributed by atoms with van der Waals surface area (Å²) in [6.45, 7) is -0.484. The molecule has 2 N–H and O–H groups in total. The summed E-state index contributed by atoms with van der Waals surface area (Å²) < 4.78 is 36.7. The fraction of sp³-hybridized carbons (Fsp3) is 0.400. The van der Waals surface area contributed by atoms with Crippen molar-refractivity contribution in [2.45, 2.75) is 12.6 Å². The van der Waals surface area contributed by atoms with E-state index in [2.05, 4.69) is 0 Å². The fourth-order valence-corrected chi connectivity index (χ4v) is 1.84. The van der Waals surface area contributed by atoms with Gasteiger partial charge in [0.15, 0.2) is 0 Å². The van der Waals surface area contributed by atoms with E-state index in [1.54, 1.807) is 18.2 Å². The number of nitrogen functional groups attached to an aromatic ring is 1. The van der Waals surface area contributed by atoms with Gasteiger partial charge >= 0.3 is 6.18 Å². The zero-order chi connectivity index (χ0) is 11.1. The highest BCUT2D eigenvalue weighted by molar-refractivity contribution is 5.64. The fourth-order valence-electron chi connectivity index (χ4n) is 1.84. The summed E-state index contributed by atoms with van der Waals surface area (Å²) >= 11 is 0. The first kappa shape index (κ1) is 10.1. The Morgan fingerprint density at radius 3 is 2.73 bits per heavy atom. The van der Waals surface area contributed by atoms with E-state index in [1.807, 2.05) is 0 Å². The number of hydrogen-bond acceptors (Lipinski definition) is 2. The average molecular weight is 216 g/mol. The van der Waals surface area contributed by atoms with Gasteiger partial charge in [-0.25, -0.2) is 0 Å². The molecule has 2 rings (SSSR count). The Labute approximate surface area is 85.5 Å². The maximum Gasteiger partial charge on any atom is 0.405 e. The van der Waals surface area contributed by atoms with Crippen LogP contribution in [0.4, 0.5) is 24.5 Å². The summed E-state index contributed by atoms with van der Waals surface area (Å²) in [5, 5.41) is 0. The van der Waals surface area contributed by atoms with Crippen molar-refractivity contribution in [2.75, 3.05) is 23.7 Å². The average Bonchev–Trinajstić information content (AvgIpc) is 2.46. The van der Waals surface area contributed by atoms with Gasteiger partial charge in [-0.3, -0.25) is 0 Å². The predicted octanol–water partition coefficient (Wildman–Crippen LogP) is 2.19. The van der Waals surface area contributed by atoms with Crippen LogP contribution >= 0.6 is 0 Å². The highest BCUT2D eigenvalue weighted by Gasteiger charge is 2.33. The highest BCUT2D eigenvalue weighted by Crippen LogP contribution is 2.32. The largest absolute Gasteiger partial charge is 0.405 e. The van der Waals surface area contributed by atoms with E-state index in [4.69, 9.17) is 5.73 Å². The number of alkyl halides is 3. The molecule has 0 aliphatic carbocycles. The van der Waals surface area contributed by atoms with Crippen LogP contribution in [-0.4, -0.2) is 19.3 Å². The first-order valence-electron chi connectivity index (χ1n) is 4.66. The normalized spacial score (nSPS) is 15.5. The minimum atomic E-state index is -4.16.